The van der Waals surface area contributed by atoms with Crippen LogP contribution in [-0.4, -0.2) is 19.4 Å². The number of hydrogen-bond acceptors (Lipinski definition) is 3. The normalized spacial score (nSPS) is 15.9. The predicted octanol–water partition coefficient (Wildman–Crippen LogP) is 2.20. The zero-order chi connectivity index (χ0) is 10.7. The zero-order valence-corrected chi connectivity index (χ0v) is 9.89. The molecule has 0 aromatic heterocycles. The second-order valence-electron chi connectivity index (χ2n) is 3.82. The van der Waals surface area contributed by atoms with Crippen molar-refractivity contribution in [3.63, 3.8) is 0 Å². The molecule has 1 aromatic rings. The fourth-order valence-electron chi connectivity index (χ4n) is 2.03. The summed E-state index contributed by atoms with van der Waals surface area (Å²) in [5.41, 5.74) is 2.68. The van der Waals surface area contributed by atoms with Gasteiger partial charge in [0, 0.05) is 12.5 Å². The van der Waals surface area contributed by atoms with E-state index in [4.69, 9.17) is 4.74 Å². The SMILES string of the molecule is CNC(CCS)c1ccc2c(c1)CCO2. The molecular formula is C12H17NOS. The van der Waals surface area contributed by atoms with Gasteiger partial charge in [-0.1, -0.05) is 12.1 Å². The van der Waals surface area contributed by atoms with Gasteiger partial charge in [0.05, 0.1) is 6.61 Å². The number of fused-ring (bicyclic) bond motifs is 1. The molecule has 82 valence electrons. The molecule has 0 radical (unpaired) electrons. The van der Waals surface area contributed by atoms with Crippen molar-refractivity contribution in [1.29, 1.82) is 0 Å². The lowest BCUT2D eigenvalue weighted by molar-refractivity contribution is 0.356. The Balaban J connectivity index is 2.20. The summed E-state index contributed by atoms with van der Waals surface area (Å²) in [4.78, 5) is 0. The van der Waals surface area contributed by atoms with E-state index in [1.54, 1.807) is 0 Å². The smallest absolute Gasteiger partial charge is 0.122 e. The van der Waals surface area contributed by atoms with Crippen LogP contribution >= 0.6 is 12.6 Å². The van der Waals surface area contributed by atoms with Crippen molar-refractivity contribution in [1.82, 2.24) is 5.32 Å². The van der Waals surface area contributed by atoms with Crippen molar-refractivity contribution in [2.75, 3.05) is 19.4 Å². The highest BCUT2D eigenvalue weighted by molar-refractivity contribution is 7.80. The van der Waals surface area contributed by atoms with Gasteiger partial charge in [-0.15, -0.1) is 0 Å². The quantitative estimate of drug-likeness (QED) is 0.764. The van der Waals surface area contributed by atoms with Crippen molar-refractivity contribution in [3.05, 3.63) is 29.3 Å². The third-order valence-corrected chi connectivity index (χ3v) is 3.14. The minimum Gasteiger partial charge on any atom is -0.493 e. The Bertz CT molecular complexity index is 340. The van der Waals surface area contributed by atoms with E-state index in [1.165, 1.54) is 11.1 Å². The minimum atomic E-state index is 0.411. The summed E-state index contributed by atoms with van der Waals surface area (Å²) in [5.74, 6) is 1.96. The molecule has 1 N–H and O–H groups in total. The molecule has 2 nitrogen and oxygen atoms in total. The molecule has 1 aromatic carbocycles. The maximum atomic E-state index is 5.49. The van der Waals surface area contributed by atoms with E-state index in [0.29, 0.717) is 6.04 Å². The van der Waals surface area contributed by atoms with Crippen LogP contribution < -0.4 is 10.1 Å². The summed E-state index contributed by atoms with van der Waals surface area (Å²) in [5, 5.41) is 3.32. The van der Waals surface area contributed by atoms with E-state index in [1.807, 2.05) is 7.05 Å². The molecular weight excluding hydrogens is 206 g/mol. The van der Waals surface area contributed by atoms with Crippen molar-refractivity contribution in [2.24, 2.45) is 0 Å². The maximum absolute atomic E-state index is 5.49. The van der Waals surface area contributed by atoms with Crippen LogP contribution in [0.5, 0.6) is 5.75 Å². The highest BCUT2D eigenvalue weighted by Crippen LogP contribution is 2.29. The van der Waals surface area contributed by atoms with E-state index in [9.17, 15) is 0 Å². The molecule has 1 atom stereocenters. The predicted molar refractivity (Wildman–Crippen MR) is 65.9 cm³/mol. The molecule has 0 aliphatic carbocycles. The van der Waals surface area contributed by atoms with Gasteiger partial charge in [0.25, 0.3) is 0 Å². The molecule has 0 saturated heterocycles. The molecule has 3 heteroatoms. The lowest BCUT2D eigenvalue weighted by Gasteiger charge is -2.16. The molecule has 1 heterocycles. The van der Waals surface area contributed by atoms with Crippen LogP contribution in [0.15, 0.2) is 18.2 Å². The average molecular weight is 223 g/mol. The molecule has 0 spiro atoms. The number of nitrogens with one attached hydrogen (secondary N) is 1. The van der Waals surface area contributed by atoms with Gasteiger partial charge in [-0.3, -0.25) is 0 Å². The number of hydrogen-bond donors (Lipinski definition) is 2. The second-order valence-corrected chi connectivity index (χ2v) is 4.27. The van der Waals surface area contributed by atoms with Gasteiger partial charge in [-0.2, -0.15) is 12.6 Å². The Morgan fingerprint density at radius 3 is 3.13 bits per heavy atom. The zero-order valence-electron chi connectivity index (χ0n) is 8.99. The number of ether oxygens (including phenoxy) is 1. The second kappa shape index (κ2) is 4.90. The van der Waals surface area contributed by atoms with E-state index in [-0.39, 0.29) is 0 Å². The lowest BCUT2D eigenvalue weighted by Crippen LogP contribution is -2.16. The van der Waals surface area contributed by atoms with Crippen molar-refractivity contribution >= 4 is 12.6 Å². The van der Waals surface area contributed by atoms with Crippen molar-refractivity contribution < 1.29 is 4.74 Å². The van der Waals surface area contributed by atoms with Crippen molar-refractivity contribution in [3.8, 4) is 5.75 Å². The van der Waals surface area contributed by atoms with Crippen LogP contribution in [0.3, 0.4) is 0 Å². The maximum Gasteiger partial charge on any atom is 0.122 e. The third kappa shape index (κ3) is 2.29. The molecule has 0 bridgehead atoms. The van der Waals surface area contributed by atoms with Gasteiger partial charge in [-0.05, 0) is 36.4 Å². The largest absolute Gasteiger partial charge is 0.493 e. The summed E-state index contributed by atoms with van der Waals surface area (Å²) in [6.45, 7) is 0.829. The minimum absolute atomic E-state index is 0.411. The van der Waals surface area contributed by atoms with E-state index in [2.05, 4.69) is 36.1 Å². The van der Waals surface area contributed by atoms with Gasteiger partial charge in [0.2, 0.25) is 0 Å². The Kier molecular flexibility index (Phi) is 3.54. The lowest BCUT2D eigenvalue weighted by atomic mass is 10.0. The Labute approximate surface area is 96.4 Å². The number of benzene rings is 1. The fourth-order valence-corrected chi connectivity index (χ4v) is 2.29. The van der Waals surface area contributed by atoms with Gasteiger partial charge in [-0.25, -0.2) is 0 Å². The first-order chi connectivity index (χ1) is 7.35. The number of thiol groups is 1. The summed E-state index contributed by atoms with van der Waals surface area (Å²) in [6, 6.07) is 6.90. The monoisotopic (exact) mass is 223 g/mol. The summed E-state index contributed by atoms with van der Waals surface area (Å²) >= 11 is 4.28. The van der Waals surface area contributed by atoms with Crippen molar-refractivity contribution in [2.45, 2.75) is 18.9 Å². The van der Waals surface area contributed by atoms with Crippen LogP contribution in [0, 0.1) is 0 Å². The molecule has 1 aliphatic rings. The Morgan fingerprint density at radius 2 is 2.40 bits per heavy atom. The van der Waals surface area contributed by atoms with Crippen LogP contribution in [0.25, 0.3) is 0 Å². The Hall–Kier alpha value is -0.670. The highest BCUT2D eigenvalue weighted by atomic mass is 32.1. The van der Waals surface area contributed by atoms with Crippen LogP contribution in [0.4, 0.5) is 0 Å². The molecule has 0 amide bonds. The summed E-state index contributed by atoms with van der Waals surface area (Å²) < 4.78 is 5.49. The molecule has 0 saturated carbocycles. The molecule has 15 heavy (non-hydrogen) atoms. The first-order valence-electron chi connectivity index (χ1n) is 5.39. The molecule has 2 rings (SSSR count). The van der Waals surface area contributed by atoms with Gasteiger partial charge < -0.3 is 10.1 Å². The average Bonchev–Trinajstić information content (AvgIpc) is 2.72. The molecule has 0 fully saturated rings. The van der Waals surface area contributed by atoms with E-state index >= 15 is 0 Å². The van der Waals surface area contributed by atoms with Gasteiger partial charge >= 0.3 is 0 Å². The first-order valence-corrected chi connectivity index (χ1v) is 6.02. The number of rotatable bonds is 4. The summed E-state index contributed by atoms with van der Waals surface area (Å²) in [6.07, 6.45) is 2.10. The van der Waals surface area contributed by atoms with Gasteiger partial charge in [0.1, 0.15) is 5.75 Å². The topological polar surface area (TPSA) is 21.3 Å². The van der Waals surface area contributed by atoms with Crippen LogP contribution in [-0.2, 0) is 6.42 Å². The van der Waals surface area contributed by atoms with Crippen LogP contribution in [0.1, 0.15) is 23.6 Å². The van der Waals surface area contributed by atoms with Crippen LogP contribution in [0.2, 0.25) is 0 Å². The standard InChI is InChI=1S/C12H17NOS/c1-13-11(5-7-15)9-2-3-12-10(8-9)4-6-14-12/h2-3,8,11,13,15H,4-7H2,1H3. The molecule has 1 unspecified atom stereocenters. The third-order valence-electron chi connectivity index (χ3n) is 2.88. The van der Waals surface area contributed by atoms with E-state index < -0.39 is 0 Å². The van der Waals surface area contributed by atoms with E-state index in [0.717, 1.165) is 31.0 Å². The Morgan fingerprint density at radius 1 is 1.53 bits per heavy atom. The summed E-state index contributed by atoms with van der Waals surface area (Å²) in [7, 11) is 2.00. The fraction of sp³-hybridized carbons (Fsp3) is 0.500. The molecule has 1 aliphatic heterocycles. The highest BCUT2D eigenvalue weighted by Gasteiger charge is 2.15. The first kappa shape index (κ1) is 10.8. The van der Waals surface area contributed by atoms with Gasteiger partial charge in [0.15, 0.2) is 0 Å².